The van der Waals surface area contributed by atoms with Crippen LogP contribution in [0.4, 0.5) is 5.82 Å². The Morgan fingerprint density at radius 1 is 1.14 bits per heavy atom. The third kappa shape index (κ3) is 3.29. The predicted molar refractivity (Wildman–Crippen MR) is 114 cm³/mol. The lowest BCUT2D eigenvalue weighted by molar-refractivity contribution is -0.113. The molecule has 1 aliphatic rings. The van der Waals surface area contributed by atoms with Crippen LogP contribution in [0.2, 0.25) is 0 Å². The van der Waals surface area contributed by atoms with Gasteiger partial charge >= 0.3 is 0 Å². The van der Waals surface area contributed by atoms with Gasteiger partial charge in [-0.05, 0) is 56.2 Å². The fraction of sp³-hybridized carbons (Fsp3) is 0.273. The van der Waals surface area contributed by atoms with Crippen molar-refractivity contribution >= 4 is 23.5 Å². The molecule has 1 amide bonds. The van der Waals surface area contributed by atoms with Crippen LogP contribution in [0.25, 0.3) is 5.69 Å². The number of aromatic nitrogens is 2. The number of nitrogens with zero attached hydrogens (tertiary/aromatic N) is 2. The van der Waals surface area contributed by atoms with Crippen molar-refractivity contribution < 1.29 is 9.53 Å². The third-order valence-corrected chi connectivity index (χ3v) is 6.28. The molecular weight excluding hydrogens is 370 g/mol. The Morgan fingerprint density at radius 2 is 1.89 bits per heavy atom. The third-order valence-electron chi connectivity index (χ3n) is 5.03. The molecule has 144 valence electrons. The number of hydrogen-bond donors (Lipinski definition) is 1. The van der Waals surface area contributed by atoms with Crippen molar-refractivity contribution in [3.63, 3.8) is 0 Å². The van der Waals surface area contributed by atoms with Gasteiger partial charge < -0.3 is 10.1 Å². The Hall–Kier alpha value is -2.73. The number of carbonyl (C=O) groups excluding carboxylic acids is 1. The molecule has 1 atom stereocenters. The van der Waals surface area contributed by atoms with Gasteiger partial charge in [-0.2, -0.15) is 5.10 Å². The van der Waals surface area contributed by atoms with E-state index in [4.69, 9.17) is 9.84 Å². The highest BCUT2D eigenvalue weighted by atomic mass is 32.2. The highest BCUT2D eigenvalue weighted by Gasteiger charge is 2.31. The number of ether oxygens (including phenoxy) is 1. The van der Waals surface area contributed by atoms with Crippen molar-refractivity contribution in [2.45, 2.75) is 26.0 Å². The largest absolute Gasteiger partial charge is 0.497 e. The summed E-state index contributed by atoms with van der Waals surface area (Å²) >= 11 is 1.65. The number of fused-ring (bicyclic) bond motifs is 1. The molecule has 3 aromatic rings. The van der Waals surface area contributed by atoms with Crippen molar-refractivity contribution in [2.75, 3.05) is 18.2 Å². The highest BCUT2D eigenvalue weighted by molar-refractivity contribution is 8.00. The first-order chi connectivity index (χ1) is 13.5. The van der Waals surface area contributed by atoms with E-state index in [9.17, 15) is 4.79 Å². The average molecular weight is 394 g/mol. The number of rotatable bonds is 3. The van der Waals surface area contributed by atoms with E-state index in [2.05, 4.69) is 37.4 Å². The van der Waals surface area contributed by atoms with Crippen molar-refractivity contribution in [2.24, 2.45) is 0 Å². The first kappa shape index (κ1) is 18.6. The summed E-state index contributed by atoms with van der Waals surface area (Å²) in [5.74, 6) is 1.94. The van der Waals surface area contributed by atoms with E-state index in [0.29, 0.717) is 5.75 Å². The monoisotopic (exact) mass is 393 g/mol. The number of carbonyl (C=O) groups is 1. The number of benzene rings is 2. The molecule has 0 bridgehead atoms. The molecule has 0 saturated heterocycles. The van der Waals surface area contributed by atoms with Crippen LogP contribution < -0.4 is 10.1 Å². The number of hydrogen-bond acceptors (Lipinski definition) is 4. The molecule has 0 spiro atoms. The van der Waals surface area contributed by atoms with Crippen LogP contribution in [0.15, 0.2) is 42.5 Å². The van der Waals surface area contributed by atoms with Gasteiger partial charge in [-0.3, -0.25) is 4.79 Å². The summed E-state index contributed by atoms with van der Waals surface area (Å²) in [6.07, 6.45) is 0. The second kappa shape index (κ2) is 7.36. The Balaban J connectivity index is 1.87. The van der Waals surface area contributed by atoms with E-state index in [0.717, 1.165) is 28.5 Å². The molecule has 0 saturated carbocycles. The SMILES string of the molecule is COc1ccc(-n2nc(C)c3c2NC(=O)CSC3c2ccc(C)cc2C)cc1. The second-order valence-corrected chi connectivity index (χ2v) is 8.15. The van der Waals surface area contributed by atoms with Crippen LogP contribution in [0.5, 0.6) is 5.75 Å². The van der Waals surface area contributed by atoms with Gasteiger partial charge in [0.25, 0.3) is 0 Å². The van der Waals surface area contributed by atoms with Gasteiger partial charge in [0.15, 0.2) is 0 Å². The molecule has 0 fully saturated rings. The molecule has 0 radical (unpaired) electrons. The minimum absolute atomic E-state index is 0.00632. The molecule has 2 aromatic carbocycles. The van der Waals surface area contributed by atoms with E-state index in [1.165, 1.54) is 16.7 Å². The molecule has 1 aromatic heterocycles. The lowest BCUT2D eigenvalue weighted by atomic mass is 9.98. The minimum Gasteiger partial charge on any atom is -0.497 e. The number of methoxy groups -OCH3 is 1. The zero-order valence-electron chi connectivity index (χ0n) is 16.4. The van der Waals surface area contributed by atoms with Crippen LogP contribution in [-0.2, 0) is 4.79 Å². The molecular formula is C22H23N3O2S. The van der Waals surface area contributed by atoms with Crippen LogP contribution >= 0.6 is 11.8 Å². The maximum atomic E-state index is 12.5. The normalized spacial score (nSPS) is 16.3. The summed E-state index contributed by atoms with van der Waals surface area (Å²) in [5, 5.41) is 7.90. The fourth-order valence-electron chi connectivity index (χ4n) is 3.66. The number of amides is 1. The molecule has 5 nitrogen and oxygen atoms in total. The van der Waals surface area contributed by atoms with Gasteiger partial charge in [0.05, 0.1) is 29.5 Å². The van der Waals surface area contributed by atoms with E-state index >= 15 is 0 Å². The smallest absolute Gasteiger partial charge is 0.235 e. The predicted octanol–water partition coefficient (Wildman–Crippen LogP) is 4.58. The number of aryl methyl sites for hydroxylation is 3. The molecule has 1 unspecified atom stereocenters. The lowest BCUT2D eigenvalue weighted by Crippen LogP contribution is -2.15. The summed E-state index contributed by atoms with van der Waals surface area (Å²) in [7, 11) is 1.64. The van der Waals surface area contributed by atoms with Crippen molar-refractivity contribution in [1.82, 2.24) is 9.78 Å². The van der Waals surface area contributed by atoms with E-state index < -0.39 is 0 Å². The lowest BCUT2D eigenvalue weighted by Gasteiger charge is -2.18. The molecule has 6 heteroatoms. The summed E-state index contributed by atoms with van der Waals surface area (Å²) in [5.41, 5.74) is 6.57. The number of thioether (sulfide) groups is 1. The van der Waals surface area contributed by atoms with Crippen molar-refractivity contribution in [1.29, 1.82) is 0 Å². The highest BCUT2D eigenvalue weighted by Crippen LogP contribution is 2.44. The summed E-state index contributed by atoms with van der Waals surface area (Å²) in [6.45, 7) is 6.24. The topological polar surface area (TPSA) is 56.1 Å². The first-order valence-corrected chi connectivity index (χ1v) is 10.3. The van der Waals surface area contributed by atoms with Gasteiger partial charge in [-0.15, -0.1) is 11.8 Å². The van der Waals surface area contributed by atoms with Gasteiger partial charge in [0.1, 0.15) is 11.6 Å². The van der Waals surface area contributed by atoms with Crippen LogP contribution in [0, 0.1) is 20.8 Å². The molecule has 4 rings (SSSR count). The molecule has 1 N–H and O–H groups in total. The van der Waals surface area contributed by atoms with Gasteiger partial charge in [-0.1, -0.05) is 23.8 Å². The Morgan fingerprint density at radius 3 is 2.57 bits per heavy atom. The minimum atomic E-state index is -0.00632. The van der Waals surface area contributed by atoms with Gasteiger partial charge in [0, 0.05) is 5.56 Å². The zero-order chi connectivity index (χ0) is 19.8. The first-order valence-electron chi connectivity index (χ1n) is 9.20. The Kier molecular flexibility index (Phi) is 4.89. The summed E-state index contributed by atoms with van der Waals surface area (Å²) in [4.78, 5) is 12.5. The van der Waals surface area contributed by atoms with Gasteiger partial charge in [-0.25, -0.2) is 4.68 Å². The van der Waals surface area contributed by atoms with Crippen LogP contribution in [0.3, 0.4) is 0 Å². The number of nitrogens with one attached hydrogen (secondary N) is 1. The van der Waals surface area contributed by atoms with Crippen LogP contribution in [0.1, 0.15) is 33.2 Å². The fourth-order valence-corrected chi connectivity index (χ4v) is 4.94. The molecule has 2 heterocycles. The van der Waals surface area contributed by atoms with Gasteiger partial charge in [0.2, 0.25) is 5.91 Å². The van der Waals surface area contributed by atoms with Crippen molar-refractivity contribution in [3.05, 3.63) is 70.4 Å². The summed E-state index contributed by atoms with van der Waals surface area (Å²) < 4.78 is 7.08. The average Bonchev–Trinajstić information content (AvgIpc) is 2.88. The number of anilines is 1. The van der Waals surface area contributed by atoms with E-state index in [1.54, 1.807) is 18.9 Å². The molecule has 28 heavy (non-hydrogen) atoms. The Labute approximate surface area is 169 Å². The maximum Gasteiger partial charge on any atom is 0.235 e. The van der Waals surface area contributed by atoms with E-state index in [-0.39, 0.29) is 11.2 Å². The second-order valence-electron chi connectivity index (χ2n) is 7.06. The quantitative estimate of drug-likeness (QED) is 0.708. The maximum absolute atomic E-state index is 12.5. The standard InChI is InChI=1S/C22H23N3O2S/c1-13-5-10-18(14(2)11-13)21-20-15(3)24-25(22(20)23-19(26)12-28-21)16-6-8-17(27-4)9-7-16/h5-11,21H,12H2,1-4H3,(H,23,26). The molecule has 0 aliphatic carbocycles. The van der Waals surface area contributed by atoms with E-state index in [1.807, 2.05) is 35.9 Å². The zero-order valence-corrected chi connectivity index (χ0v) is 17.3. The summed E-state index contributed by atoms with van der Waals surface area (Å²) in [6, 6.07) is 14.2. The molecule has 1 aliphatic heterocycles. The van der Waals surface area contributed by atoms with Crippen LogP contribution in [-0.4, -0.2) is 28.6 Å². The Bertz CT molecular complexity index is 1040. The van der Waals surface area contributed by atoms with Crippen molar-refractivity contribution in [3.8, 4) is 11.4 Å².